The summed E-state index contributed by atoms with van der Waals surface area (Å²) < 4.78 is 14.1. The molecule has 11 aromatic rings. The van der Waals surface area contributed by atoms with Gasteiger partial charge in [-0.25, -0.2) is 0 Å². The molecule has 0 fully saturated rings. The largest absolute Gasteiger partial charge is 0.456 e. The molecular weight excluding hydrogens is 733 g/mol. The lowest BCUT2D eigenvalue weighted by Crippen LogP contribution is -2.11. The predicted octanol–water partition coefficient (Wildman–Crippen LogP) is 16.6. The van der Waals surface area contributed by atoms with Gasteiger partial charge in [0.2, 0.25) is 0 Å². The van der Waals surface area contributed by atoms with E-state index in [-0.39, 0.29) is 0 Å². The second-order valence-corrected chi connectivity index (χ2v) is 16.7. The lowest BCUT2D eigenvalue weighted by Gasteiger charge is -2.28. The van der Waals surface area contributed by atoms with Crippen LogP contribution in [-0.2, 0) is 0 Å². The van der Waals surface area contributed by atoms with E-state index in [9.17, 15) is 0 Å². The fraction of sp³-hybridized carbons (Fsp3) is 0.107. The normalized spacial score (nSPS) is 11.8. The van der Waals surface area contributed by atoms with Crippen molar-refractivity contribution in [1.82, 2.24) is 0 Å². The monoisotopic (exact) mass is 776 g/mol. The average molecular weight is 777 g/mol. The molecule has 0 aliphatic carbocycles. The van der Waals surface area contributed by atoms with Gasteiger partial charge in [-0.15, -0.1) is 0 Å². The molecule has 0 radical (unpaired) electrons. The van der Waals surface area contributed by atoms with Crippen LogP contribution in [0.5, 0.6) is 0 Å². The number of furan rings is 2. The molecule has 11 rings (SSSR count). The van der Waals surface area contributed by atoms with E-state index in [1.807, 2.05) is 0 Å². The van der Waals surface area contributed by atoms with Gasteiger partial charge in [-0.1, -0.05) is 96.1 Å². The number of nitrogens with zero attached hydrogens (tertiary/aromatic N) is 2. The number of benzene rings is 9. The zero-order valence-corrected chi connectivity index (χ0v) is 34.7. The molecule has 0 unspecified atom stereocenters. The maximum atomic E-state index is 7.18. The quantitative estimate of drug-likeness (QED) is 0.168. The van der Waals surface area contributed by atoms with Gasteiger partial charge >= 0.3 is 0 Å². The van der Waals surface area contributed by atoms with Crippen LogP contribution in [0.2, 0.25) is 0 Å². The second-order valence-electron chi connectivity index (χ2n) is 16.7. The first-order valence-electron chi connectivity index (χ1n) is 20.7. The van der Waals surface area contributed by atoms with Crippen molar-refractivity contribution in [1.29, 1.82) is 0 Å². The fourth-order valence-corrected chi connectivity index (χ4v) is 9.55. The van der Waals surface area contributed by atoms with Crippen molar-refractivity contribution in [2.45, 2.75) is 41.5 Å². The van der Waals surface area contributed by atoms with Gasteiger partial charge in [0.1, 0.15) is 22.3 Å². The highest BCUT2D eigenvalue weighted by Crippen LogP contribution is 2.50. The van der Waals surface area contributed by atoms with E-state index in [0.717, 1.165) is 99.5 Å². The molecule has 2 heterocycles. The highest BCUT2D eigenvalue weighted by molar-refractivity contribution is 6.32. The molecule has 0 aliphatic rings. The number of rotatable bonds is 6. The predicted molar refractivity (Wildman–Crippen MR) is 254 cm³/mol. The Kier molecular flexibility index (Phi) is 8.15. The third kappa shape index (κ3) is 5.74. The average Bonchev–Trinajstić information content (AvgIpc) is 3.80. The second kappa shape index (κ2) is 13.6. The summed E-state index contributed by atoms with van der Waals surface area (Å²) in [5.74, 6) is 0. The first-order chi connectivity index (χ1) is 29.2. The fourth-order valence-electron chi connectivity index (χ4n) is 9.55. The minimum absolute atomic E-state index is 0.799. The van der Waals surface area contributed by atoms with Crippen LogP contribution in [0.1, 0.15) is 33.4 Å². The Hall–Kier alpha value is -7.30. The van der Waals surface area contributed by atoms with Crippen LogP contribution in [0.15, 0.2) is 167 Å². The summed E-state index contributed by atoms with van der Waals surface area (Å²) in [7, 11) is 0. The Morgan fingerprint density at radius 1 is 0.300 bits per heavy atom. The Morgan fingerprint density at radius 3 is 1.22 bits per heavy atom. The molecule has 4 heteroatoms. The SMILES string of the molecule is Cc1ccc(N(c2cc(C)cc(C)c2)c2cc3oc4c(ccc5oc6cc(N(c7ccc(C)cc7)c7cc(C)cc(C)c7)c7ccccc7c6c54)c3c3ccccc23)cc1. The van der Waals surface area contributed by atoms with Crippen molar-refractivity contribution in [3.63, 3.8) is 0 Å². The minimum Gasteiger partial charge on any atom is -0.456 e. The van der Waals surface area contributed by atoms with E-state index >= 15 is 0 Å². The molecule has 0 atom stereocenters. The summed E-state index contributed by atoms with van der Waals surface area (Å²) in [6.07, 6.45) is 0. The molecule has 0 spiro atoms. The van der Waals surface area contributed by atoms with Crippen LogP contribution >= 0.6 is 0 Å². The van der Waals surface area contributed by atoms with Gasteiger partial charge in [-0.3, -0.25) is 0 Å². The van der Waals surface area contributed by atoms with E-state index in [0.29, 0.717) is 0 Å². The van der Waals surface area contributed by atoms with Crippen LogP contribution in [0.25, 0.3) is 65.4 Å². The lowest BCUT2D eigenvalue weighted by atomic mass is 9.98. The van der Waals surface area contributed by atoms with Crippen molar-refractivity contribution in [3.05, 3.63) is 191 Å². The lowest BCUT2D eigenvalue weighted by molar-refractivity contribution is 0.663. The van der Waals surface area contributed by atoms with Crippen LogP contribution < -0.4 is 9.80 Å². The first-order valence-corrected chi connectivity index (χ1v) is 20.7. The van der Waals surface area contributed by atoms with Crippen LogP contribution in [0.4, 0.5) is 34.1 Å². The molecular formula is C56H44N2O2. The molecule has 0 amide bonds. The van der Waals surface area contributed by atoms with Crippen molar-refractivity contribution in [2.75, 3.05) is 9.80 Å². The topological polar surface area (TPSA) is 32.8 Å². The number of hydrogen-bond donors (Lipinski definition) is 0. The summed E-state index contributed by atoms with van der Waals surface area (Å²) in [6.45, 7) is 12.9. The summed E-state index contributed by atoms with van der Waals surface area (Å²) in [6, 6.07) is 57.3. The number of hydrogen-bond acceptors (Lipinski definition) is 4. The Balaban J connectivity index is 1.20. The zero-order valence-electron chi connectivity index (χ0n) is 34.7. The summed E-state index contributed by atoms with van der Waals surface area (Å²) in [4.78, 5) is 4.75. The molecule has 60 heavy (non-hydrogen) atoms. The third-order valence-electron chi connectivity index (χ3n) is 12.0. The third-order valence-corrected chi connectivity index (χ3v) is 12.0. The molecule has 0 aliphatic heterocycles. The highest BCUT2D eigenvalue weighted by atomic mass is 16.3. The molecule has 290 valence electrons. The van der Waals surface area contributed by atoms with E-state index in [4.69, 9.17) is 8.83 Å². The van der Waals surface area contributed by atoms with Gasteiger partial charge < -0.3 is 18.6 Å². The molecule has 0 bridgehead atoms. The molecule has 0 saturated carbocycles. The molecule has 0 N–H and O–H groups in total. The maximum absolute atomic E-state index is 7.18. The molecule has 2 aromatic heterocycles. The first kappa shape index (κ1) is 35.8. The van der Waals surface area contributed by atoms with E-state index in [1.54, 1.807) is 0 Å². The van der Waals surface area contributed by atoms with Gasteiger partial charge in [0.25, 0.3) is 0 Å². The van der Waals surface area contributed by atoms with Gasteiger partial charge in [-0.05, 0) is 135 Å². The van der Waals surface area contributed by atoms with Gasteiger partial charge in [0, 0.05) is 61.8 Å². The van der Waals surface area contributed by atoms with Gasteiger partial charge in [0.15, 0.2) is 0 Å². The van der Waals surface area contributed by atoms with E-state index in [2.05, 4.69) is 209 Å². The molecule has 0 saturated heterocycles. The van der Waals surface area contributed by atoms with Crippen molar-refractivity contribution < 1.29 is 8.83 Å². The highest BCUT2D eigenvalue weighted by Gasteiger charge is 2.25. The molecule has 9 aromatic carbocycles. The van der Waals surface area contributed by atoms with Crippen LogP contribution in [-0.4, -0.2) is 0 Å². The summed E-state index contributed by atoms with van der Waals surface area (Å²) in [5, 5.41) is 8.77. The smallest absolute Gasteiger partial charge is 0.147 e. The Bertz CT molecular complexity index is 3460. The van der Waals surface area contributed by atoms with E-state index in [1.165, 1.54) is 33.4 Å². The summed E-state index contributed by atoms with van der Waals surface area (Å²) >= 11 is 0. The maximum Gasteiger partial charge on any atom is 0.147 e. The van der Waals surface area contributed by atoms with Crippen molar-refractivity contribution in [3.8, 4) is 0 Å². The Morgan fingerprint density at radius 2 is 0.733 bits per heavy atom. The van der Waals surface area contributed by atoms with Crippen molar-refractivity contribution in [2.24, 2.45) is 0 Å². The van der Waals surface area contributed by atoms with Crippen LogP contribution in [0, 0.1) is 41.5 Å². The molecule has 4 nitrogen and oxygen atoms in total. The van der Waals surface area contributed by atoms with Crippen LogP contribution in [0.3, 0.4) is 0 Å². The summed E-state index contributed by atoms with van der Waals surface area (Å²) in [5.41, 5.74) is 17.1. The van der Waals surface area contributed by atoms with Gasteiger partial charge in [0.05, 0.1) is 16.8 Å². The van der Waals surface area contributed by atoms with Gasteiger partial charge in [-0.2, -0.15) is 0 Å². The van der Waals surface area contributed by atoms with Crippen molar-refractivity contribution >= 4 is 99.5 Å². The Labute approximate surface area is 349 Å². The number of anilines is 6. The van der Waals surface area contributed by atoms with E-state index < -0.39 is 0 Å². The zero-order chi connectivity index (χ0) is 40.8. The number of fused-ring (bicyclic) bond motifs is 11. The minimum atomic E-state index is 0.799. The number of aryl methyl sites for hydroxylation is 6. The standard InChI is InChI=1S/C56H44N2O2/c1-33-15-19-39(20-16-33)57(41-27-35(3)25-36(4)28-41)48-31-51-53(45-13-9-7-11-43(45)48)47-23-24-50-55(56(47)60-51)54-46-14-10-8-12-44(46)49(32-52(54)59-50)58(40-21-17-34(2)18-22-40)42-29-37(5)26-38(6)30-42/h7-32H,1-6H3.